The molecule has 0 aliphatic carbocycles. The molecular weight excluding hydrogens is 579 g/mol. The van der Waals surface area contributed by atoms with Crippen molar-refractivity contribution in [3.8, 4) is 0 Å². The zero-order valence-corrected chi connectivity index (χ0v) is 24.8. The number of likely N-dealkylation sites (tertiary alicyclic amines) is 1. The molecule has 2 aromatic rings. The number of rotatable bonds is 10. The Morgan fingerprint density at radius 2 is 1.66 bits per heavy atom. The van der Waals surface area contributed by atoms with Crippen LogP contribution in [0.3, 0.4) is 0 Å². The second-order valence-corrected chi connectivity index (χ2v) is 11.3. The number of anilines is 1. The van der Waals surface area contributed by atoms with Crippen LogP contribution in [0.2, 0.25) is 0 Å². The molecular formula is C30H37FN4O9. The molecule has 13 nitrogen and oxygen atoms in total. The van der Waals surface area contributed by atoms with Gasteiger partial charge in [0.1, 0.15) is 5.82 Å². The number of carbonyl (C=O) groups is 5. The van der Waals surface area contributed by atoms with E-state index in [1.54, 1.807) is 43.2 Å². The summed E-state index contributed by atoms with van der Waals surface area (Å²) in [6, 6.07) is 10.4. The zero-order valence-electron chi connectivity index (χ0n) is 24.8. The smallest absolute Gasteiger partial charge is 0.336 e. The van der Waals surface area contributed by atoms with E-state index in [-0.39, 0.29) is 23.5 Å². The van der Waals surface area contributed by atoms with Crippen molar-refractivity contribution in [2.75, 3.05) is 45.7 Å². The van der Waals surface area contributed by atoms with Crippen molar-refractivity contribution in [1.82, 2.24) is 14.8 Å². The Labute approximate surface area is 253 Å². The number of likely N-dealkylation sites (N-methyl/N-ethyl adjacent to an activating group) is 1. The van der Waals surface area contributed by atoms with E-state index in [1.165, 1.54) is 12.1 Å². The summed E-state index contributed by atoms with van der Waals surface area (Å²) < 4.78 is 14.0. The molecule has 4 N–H and O–H groups in total. The predicted octanol–water partition coefficient (Wildman–Crippen LogP) is 1.23. The molecule has 0 saturated carbocycles. The molecule has 1 spiro atoms. The molecule has 14 heteroatoms. The van der Waals surface area contributed by atoms with Crippen molar-refractivity contribution in [3.05, 3.63) is 59.7 Å². The standard InChI is InChI=1S/C24H29FN4O2.C6H8O7/c1-27(2)22(30)17(14-19-6-4-5-11-26-19)16-29-12-9-24(10-13-29)20-15-18(25)7-8-21(20)28(3)23(24)31;7-3(8)1-6(13,5(11)12)2-4(9)10/h4-8,11,15,17H,9-10,12-14,16H2,1-3H3;13H,1-2H2,(H,7,8)(H,9,10)(H,11,12). The number of piperidine rings is 1. The summed E-state index contributed by atoms with van der Waals surface area (Å²) in [5, 5.41) is 33.8. The van der Waals surface area contributed by atoms with E-state index in [9.17, 15) is 28.4 Å². The quantitative estimate of drug-likeness (QED) is 0.301. The van der Waals surface area contributed by atoms with Crippen LogP contribution < -0.4 is 4.90 Å². The van der Waals surface area contributed by atoms with Crippen LogP contribution in [-0.4, -0.2) is 111 Å². The van der Waals surface area contributed by atoms with Crippen molar-refractivity contribution in [3.63, 3.8) is 0 Å². The van der Waals surface area contributed by atoms with Crippen molar-refractivity contribution in [2.24, 2.45) is 5.92 Å². The Morgan fingerprint density at radius 1 is 1.05 bits per heavy atom. The summed E-state index contributed by atoms with van der Waals surface area (Å²) in [5.41, 5.74) is -0.902. The van der Waals surface area contributed by atoms with E-state index < -0.39 is 41.8 Å². The minimum absolute atomic E-state index is 0.0437. The Bertz CT molecular complexity index is 1380. The maximum absolute atomic E-state index is 14.0. The van der Waals surface area contributed by atoms with Gasteiger partial charge in [-0.3, -0.25) is 24.2 Å². The fraction of sp³-hybridized carbons (Fsp3) is 0.467. The molecule has 3 heterocycles. The minimum atomic E-state index is -2.74. The van der Waals surface area contributed by atoms with Gasteiger partial charge in [-0.1, -0.05) is 6.07 Å². The molecule has 44 heavy (non-hydrogen) atoms. The molecule has 1 fully saturated rings. The first-order valence-electron chi connectivity index (χ1n) is 13.9. The van der Waals surface area contributed by atoms with Gasteiger partial charge in [-0.15, -0.1) is 0 Å². The summed E-state index contributed by atoms with van der Waals surface area (Å²) in [4.78, 5) is 66.4. The third-order valence-electron chi connectivity index (χ3n) is 7.99. The Balaban J connectivity index is 0.000000345. The van der Waals surface area contributed by atoms with Gasteiger partial charge in [0.25, 0.3) is 0 Å². The molecule has 1 atom stereocenters. The molecule has 2 amide bonds. The average Bonchev–Trinajstić information content (AvgIpc) is 3.14. The van der Waals surface area contributed by atoms with E-state index in [4.69, 9.17) is 20.4 Å². The fourth-order valence-electron chi connectivity index (χ4n) is 5.72. The van der Waals surface area contributed by atoms with Crippen LogP contribution >= 0.6 is 0 Å². The van der Waals surface area contributed by atoms with E-state index in [0.717, 1.165) is 16.9 Å². The number of fused-ring (bicyclic) bond motifs is 2. The number of amides is 2. The SMILES string of the molecule is CN(C)C(=O)C(Cc1ccccn1)CN1CCC2(CC1)C(=O)N(C)c1ccc(F)cc12.O=C(O)CC(O)(CC(=O)O)C(=O)O. The number of aliphatic hydroxyl groups is 1. The number of hydrogen-bond acceptors (Lipinski definition) is 8. The second kappa shape index (κ2) is 13.9. The lowest BCUT2D eigenvalue weighted by Crippen LogP contribution is -2.50. The topological polar surface area (TPSA) is 189 Å². The van der Waals surface area contributed by atoms with E-state index in [1.807, 2.05) is 18.2 Å². The third-order valence-corrected chi connectivity index (χ3v) is 7.99. The predicted molar refractivity (Wildman–Crippen MR) is 154 cm³/mol. The molecule has 238 valence electrons. The number of carboxylic acid groups (broad SMARTS) is 3. The number of benzene rings is 1. The summed E-state index contributed by atoms with van der Waals surface area (Å²) in [5.74, 6) is -5.41. The zero-order chi connectivity index (χ0) is 32.8. The van der Waals surface area contributed by atoms with Crippen LogP contribution in [0.4, 0.5) is 10.1 Å². The first-order chi connectivity index (χ1) is 20.6. The van der Waals surface area contributed by atoms with Crippen LogP contribution in [0.5, 0.6) is 0 Å². The van der Waals surface area contributed by atoms with Crippen LogP contribution in [0.15, 0.2) is 42.6 Å². The number of hydrogen-bond donors (Lipinski definition) is 4. The average molecular weight is 617 g/mol. The Hall–Kier alpha value is -4.43. The van der Waals surface area contributed by atoms with Gasteiger partial charge in [0.15, 0.2) is 5.60 Å². The fourth-order valence-corrected chi connectivity index (χ4v) is 5.72. The molecule has 1 unspecified atom stereocenters. The highest BCUT2D eigenvalue weighted by molar-refractivity contribution is 6.07. The van der Waals surface area contributed by atoms with Gasteiger partial charge in [0, 0.05) is 51.7 Å². The highest BCUT2D eigenvalue weighted by Crippen LogP contribution is 2.47. The number of aromatic nitrogens is 1. The lowest BCUT2D eigenvalue weighted by atomic mass is 9.73. The molecule has 1 saturated heterocycles. The summed E-state index contributed by atoms with van der Waals surface area (Å²) >= 11 is 0. The number of aliphatic carboxylic acids is 3. The number of nitrogens with zero attached hydrogens (tertiary/aromatic N) is 4. The highest BCUT2D eigenvalue weighted by Gasteiger charge is 2.51. The minimum Gasteiger partial charge on any atom is -0.481 e. The first-order valence-corrected chi connectivity index (χ1v) is 13.9. The lowest BCUT2D eigenvalue weighted by molar-refractivity contribution is -0.170. The van der Waals surface area contributed by atoms with Gasteiger partial charge in [-0.05, 0) is 61.8 Å². The summed E-state index contributed by atoms with van der Waals surface area (Å²) in [7, 11) is 5.31. The van der Waals surface area contributed by atoms with Gasteiger partial charge in [0.05, 0.1) is 24.2 Å². The van der Waals surface area contributed by atoms with Gasteiger partial charge >= 0.3 is 17.9 Å². The van der Waals surface area contributed by atoms with Crippen LogP contribution in [0.25, 0.3) is 0 Å². The van der Waals surface area contributed by atoms with Gasteiger partial charge < -0.3 is 35.1 Å². The van der Waals surface area contributed by atoms with Crippen molar-refractivity contribution >= 4 is 35.4 Å². The highest BCUT2D eigenvalue weighted by atomic mass is 19.1. The van der Waals surface area contributed by atoms with E-state index in [0.29, 0.717) is 38.9 Å². The van der Waals surface area contributed by atoms with E-state index in [2.05, 4.69) is 9.88 Å². The maximum Gasteiger partial charge on any atom is 0.336 e. The monoisotopic (exact) mass is 616 g/mol. The number of carbonyl (C=O) groups excluding carboxylic acids is 2. The Morgan fingerprint density at radius 3 is 2.16 bits per heavy atom. The van der Waals surface area contributed by atoms with Gasteiger partial charge in [-0.25, -0.2) is 9.18 Å². The van der Waals surface area contributed by atoms with Crippen molar-refractivity contribution in [2.45, 2.75) is 43.1 Å². The maximum atomic E-state index is 14.0. The molecule has 0 bridgehead atoms. The van der Waals surface area contributed by atoms with Crippen LogP contribution in [-0.2, 0) is 35.8 Å². The van der Waals surface area contributed by atoms with Crippen LogP contribution in [0.1, 0.15) is 36.9 Å². The van der Waals surface area contributed by atoms with Gasteiger partial charge in [-0.2, -0.15) is 0 Å². The summed E-state index contributed by atoms with van der Waals surface area (Å²) in [6.45, 7) is 1.99. The molecule has 4 rings (SSSR count). The van der Waals surface area contributed by atoms with Gasteiger partial charge in [0.2, 0.25) is 11.8 Å². The molecule has 2 aliphatic heterocycles. The lowest BCUT2D eigenvalue weighted by Gasteiger charge is -2.39. The summed E-state index contributed by atoms with van der Waals surface area (Å²) in [6.07, 6.45) is 1.28. The number of halogens is 1. The molecule has 2 aliphatic rings. The third kappa shape index (κ3) is 7.74. The Kier molecular flexibility index (Phi) is 10.8. The van der Waals surface area contributed by atoms with Crippen LogP contribution in [0, 0.1) is 11.7 Å². The molecule has 0 radical (unpaired) electrons. The molecule has 1 aromatic heterocycles. The van der Waals surface area contributed by atoms with Crippen molar-refractivity contribution in [1.29, 1.82) is 0 Å². The van der Waals surface area contributed by atoms with Crippen molar-refractivity contribution < 1.29 is 48.8 Å². The number of pyridine rings is 1. The molecule has 1 aromatic carbocycles. The largest absolute Gasteiger partial charge is 0.481 e. The van der Waals surface area contributed by atoms with E-state index >= 15 is 0 Å². The number of carboxylic acids is 3. The normalized spacial score (nSPS) is 16.5. The second-order valence-electron chi connectivity index (χ2n) is 11.3. The first kappa shape index (κ1) is 34.1.